The Hall–Kier alpha value is -1.75. The van der Waals surface area contributed by atoms with Crippen molar-refractivity contribution in [3.05, 3.63) is 35.5 Å². The summed E-state index contributed by atoms with van der Waals surface area (Å²) in [7, 11) is 0. The number of pyridine rings is 1. The lowest BCUT2D eigenvalue weighted by Crippen LogP contribution is -2.33. The molecule has 2 aromatic rings. The average Bonchev–Trinajstić information content (AvgIpc) is 3.01. The molecule has 6 heteroatoms. The van der Waals surface area contributed by atoms with Crippen LogP contribution in [0.15, 0.2) is 24.5 Å². The van der Waals surface area contributed by atoms with Gasteiger partial charge < -0.3 is 14.4 Å². The Kier molecular flexibility index (Phi) is 4.14. The van der Waals surface area contributed by atoms with Crippen molar-refractivity contribution in [2.45, 2.75) is 58.7 Å². The zero-order valence-corrected chi connectivity index (χ0v) is 16.0. The molecule has 0 bridgehead atoms. The van der Waals surface area contributed by atoms with Gasteiger partial charge in [-0.05, 0) is 44.2 Å². The van der Waals surface area contributed by atoms with E-state index in [1.807, 2.05) is 12.1 Å². The van der Waals surface area contributed by atoms with Gasteiger partial charge in [0, 0.05) is 24.5 Å². The molecule has 134 valence electrons. The summed E-state index contributed by atoms with van der Waals surface area (Å²) in [5.41, 5.74) is 2.20. The maximum Gasteiger partial charge on any atom is 0.179 e. The van der Waals surface area contributed by atoms with E-state index in [0.29, 0.717) is 16.6 Å². The summed E-state index contributed by atoms with van der Waals surface area (Å²) < 4.78 is 2.31. The van der Waals surface area contributed by atoms with Crippen LogP contribution in [-0.2, 0) is 13.1 Å². The molecule has 25 heavy (non-hydrogen) atoms. The predicted molar refractivity (Wildman–Crippen MR) is 101 cm³/mol. The Morgan fingerprint density at radius 3 is 2.72 bits per heavy atom. The second-order valence-corrected chi connectivity index (χ2v) is 8.38. The summed E-state index contributed by atoms with van der Waals surface area (Å²) in [6.07, 6.45) is 8.13. The van der Waals surface area contributed by atoms with E-state index in [1.165, 1.54) is 12.8 Å². The highest BCUT2D eigenvalue weighted by molar-refractivity contribution is 6.29. The highest BCUT2D eigenvalue weighted by Crippen LogP contribution is 2.42. The Labute approximate surface area is 154 Å². The number of aromatic nitrogens is 3. The first-order chi connectivity index (χ1) is 11.9. The second-order valence-electron chi connectivity index (χ2n) is 7.99. The molecule has 0 unspecified atom stereocenters. The fourth-order valence-corrected chi connectivity index (χ4v) is 3.50. The number of fused-ring (bicyclic) bond motifs is 1. The highest BCUT2D eigenvalue weighted by Gasteiger charge is 2.43. The summed E-state index contributed by atoms with van der Waals surface area (Å²) in [6.45, 7) is 9.56. The molecule has 0 saturated heterocycles. The number of hydrogen-bond acceptors (Lipinski definition) is 4. The van der Waals surface area contributed by atoms with Crippen LogP contribution in [0.2, 0.25) is 5.15 Å². The van der Waals surface area contributed by atoms with E-state index in [0.717, 1.165) is 43.2 Å². The molecule has 1 saturated carbocycles. The minimum Gasteiger partial charge on any atom is -0.353 e. The van der Waals surface area contributed by atoms with E-state index in [1.54, 1.807) is 0 Å². The van der Waals surface area contributed by atoms with Gasteiger partial charge in [0.05, 0.1) is 18.7 Å². The summed E-state index contributed by atoms with van der Waals surface area (Å²) in [5, 5.41) is 0.501. The number of imidazole rings is 1. The lowest BCUT2D eigenvalue weighted by molar-refractivity contribution is 0.200. The molecule has 1 fully saturated rings. The third kappa shape index (κ3) is 3.34. The average molecular weight is 360 g/mol. The first-order valence-electron chi connectivity index (χ1n) is 9.15. The molecule has 1 aliphatic heterocycles. The van der Waals surface area contributed by atoms with Crippen molar-refractivity contribution >= 4 is 22.8 Å². The highest BCUT2D eigenvalue weighted by atomic mass is 35.5. The Bertz CT molecular complexity index is 805. The van der Waals surface area contributed by atoms with E-state index in [2.05, 4.69) is 52.5 Å². The molecule has 0 spiro atoms. The van der Waals surface area contributed by atoms with Crippen LogP contribution in [0, 0.1) is 5.92 Å². The van der Waals surface area contributed by atoms with Gasteiger partial charge in [0.2, 0.25) is 0 Å². The van der Waals surface area contributed by atoms with Crippen LogP contribution in [-0.4, -0.2) is 36.5 Å². The normalized spacial score (nSPS) is 18.8. The number of nitrogens with zero attached hydrogens (tertiary/aromatic N) is 5. The smallest absolute Gasteiger partial charge is 0.179 e. The second kappa shape index (κ2) is 6.20. The van der Waals surface area contributed by atoms with Gasteiger partial charge in [-0.15, -0.1) is 0 Å². The van der Waals surface area contributed by atoms with Gasteiger partial charge in [-0.1, -0.05) is 25.4 Å². The zero-order valence-electron chi connectivity index (χ0n) is 15.2. The van der Waals surface area contributed by atoms with Crippen molar-refractivity contribution in [1.29, 1.82) is 0 Å². The van der Waals surface area contributed by atoms with E-state index in [9.17, 15) is 0 Å². The van der Waals surface area contributed by atoms with Crippen molar-refractivity contribution < 1.29 is 0 Å². The molecule has 4 rings (SSSR count). The molecule has 0 atom stereocenters. The van der Waals surface area contributed by atoms with Crippen LogP contribution in [0.4, 0.5) is 0 Å². The van der Waals surface area contributed by atoms with E-state index in [4.69, 9.17) is 16.6 Å². The fraction of sp³-hybridized carbons (Fsp3) is 0.579. The van der Waals surface area contributed by atoms with Crippen LogP contribution in [0.25, 0.3) is 11.2 Å². The van der Waals surface area contributed by atoms with Crippen molar-refractivity contribution in [2.75, 3.05) is 6.67 Å². The van der Waals surface area contributed by atoms with Crippen LogP contribution >= 0.6 is 11.6 Å². The lowest BCUT2D eigenvalue weighted by atomic mass is 10.1. The largest absolute Gasteiger partial charge is 0.353 e. The third-order valence-electron chi connectivity index (χ3n) is 5.39. The Balaban J connectivity index is 1.57. The van der Waals surface area contributed by atoms with Crippen molar-refractivity contribution in [3.63, 3.8) is 0 Å². The van der Waals surface area contributed by atoms with Gasteiger partial charge in [0.25, 0.3) is 0 Å². The van der Waals surface area contributed by atoms with Gasteiger partial charge in [-0.25, -0.2) is 9.97 Å². The van der Waals surface area contributed by atoms with Crippen LogP contribution in [0.5, 0.6) is 0 Å². The summed E-state index contributed by atoms with van der Waals surface area (Å²) >= 11 is 6.07. The van der Waals surface area contributed by atoms with Gasteiger partial charge in [0.15, 0.2) is 5.65 Å². The van der Waals surface area contributed by atoms with Crippen LogP contribution < -0.4 is 0 Å². The predicted octanol–water partition coefficient (Wildman–Crippen LogP) is 4.23. The first kappa shape index (κ1) is 16.7. The molecule has 0 amide bonds. The van der Waals surface area contributed by atoms with Gasteiger partial charge in [-0.3, -0.25) is 0 Å². The molecule has 0 aromatic carbocycles. The molecule has 3 heterocycles. The molecule has 2 aromatic heterocycles. The number of aryl methyl sites for hydroxylation is 1. The summed E-state index contributed by atoms with van der Waals surface area (Å²) in [6, 6.07) is 3.89. The van der Waals surface area contributed by atoms with Gasteiger partial charge in [-0.2, -0.15) is 0 Å². The molecule has 1 aliphatic carbocycles. The molecule has 2 aliphatic rings. The lowest BCUT2D eigenvalue weighted by Gasteiger charge is -2.26. The quantitative estimate of drug-likeness (QED) is 0.723. The van der Waals surface area contributed by atoms with Gasteiger partial charge in [0.1, 0.15) is 11.0 Å². The minimum absolute atomic E-state index is 0.373. The maximum absolute atomic E-state index is 6.07. The Morgan fingerprint density at radius 1 is 1.20 bits per heavy atom. The monoisotopic (exact) mass is 359 g/mol. The van der Waals surface area contributed by atoms with Gasteiger partial charge >= 0.3 is 0 Å². The SMILES string of the molecule is CC(C)CCn1c(CN2C=CN(C3(C)CC3)C2)nc2nc(Cl)ccc21. The number of hydrogen-bond donors (Lipinski definition) is 0. The molecular weight excluding hydrogens is 334 g/mol. The van der Waals surface area contributed by atoms with E-state index >= 15 is 0 Å². The summed E-state index contributed by atoms with van der Waals surface area (Å²) in [5.74, 6) is 1.72. The van der Waals surface area contributed by atoms with Crippen LogP contribution in [0.3, 0.4) is 0 Å². The molecule has 0 radical (unpaired) electrons. The van der Waals surface area contributed by atoms with E-state index in [-0.39, 0.29) is 0 Å². The van der Waals surface area contributed by atoms with E-state index < -0.39 is 0 Å². The fourth-order valence-electron chi connectivity index (χ4n) is 3.36. The number of rotatable bonds is 6. The number of halogens is 1. The van der Waals surface area contributed by atoms with Crippen LogP contribution in [0.1, 0.15) is 45.9 Å². The van der Waals surface area contributed by atoms with Crippen molar-refractivity contribution in [2.24, 2.45) is 5.92 Å². The molecule has 5 nitrogen and oxygen atoms in total. The maximum atomic E-state index is 6.07. The first-order valence-corrected chi connectivity index (χ1v) is 9.53. The zero-order chi connectivity index (χ0) is 17.6. The standard InChI is InChI=1S/C19H26ClN5/c1-14(2)6-9-25-15-4-5-16(20)21-18(15)22-17(25)12-23-10-11-24(13-23)19(3)7-8-19/h4-5,10-11,14H,6-9,12-13H2,1-3H3. The topological polar surface area (TPSA) is 37.2 Å². The third-order valence-corrected chi connectivity index (χ3v) is 5.60. The Morgan fingerprint density at radius 2 is 2.00 bits per heavy atom. The van der Waals surface area contributed by atoms with Crippen molar-refractivity contribution in [1.82, 2.24) is 24.3 Å². The minimum atomic E-state index is 0.373. The van der Waals surface area contributed by atoms with Crippen molar-refractivity contribution in [3.8, 4) is 0 Å². The summed E-state index contributed by atoms with van der Waals surface area (Å²) in [4.78, 5) is 14.0. The molecule has 0 N–H and O–H groups in total. The molecular formula is C19H26ClN5.